The maximum Gasteiger partial charge on any atom is 0.339 e. The monoisotopic (exact) mass is 488 g/mol. The van der Waals surface area contributed by atoms with E-state index in [1.54, 1.807) is 6.07 Å². The first-order chi connectivity index (χ1) is 17.9. The normalized spacial score (nSPS) is 11.1. The zero-order valence-corrected chi connectivity index (χ0v) is 21.1. The smallest absolute Gasteiger partial charge is 0.339 e. The molecule has 0 bridgehead atoms. The van der Waals surface area contributed by atoms with E-state index in [2.05, 4.69) is 19.2 Å². The Morgan fingerprint density at radius 1 is 0.865 bits per heavy atom. The molecule has 184 valence electrons. The number of benzene rings is 4. The first kappa shape index (κ1) is 24.2. The molecule has 0 atom stereocenters. The van der Waals surface area contributed by atoms with Gasteiger partial charge in [0.2, 0.25) is 0 Å². The van der Waals surface area contributed by atoms with Crippen LogP contribution in [0, 0.1) is 6.92 Å². The van der Waals surface area contributed by atoms with Crippen molar-refractivity contribution < 1.29 is 14.3 Å². The summed E-state index contributed by atoms with van der Waals surface area (Å²) < 4.78 is 5.51. The van der Waals surface area contributed by atoms with Crippen LogP contribution in [-0.4, -0.2) is 23.5 Å². The molecule has 1 N–H and O–H groups in total. The van der Waals surface area contributed by atoms with Crippen molar-refractivity contribution in [1.29, 1.82) is 0 Å². The standard InChI is InChI=1S/C32H28N2O3/c1-20(2)23-15-8-10-21(3)31(23)34-30(35)19-37-32(36)27-18-29(33-28-17-7-6-14-26(27)28)25-16-9-12-22-11-4-5-13-24(22)25/h4-18,20H,19H2,1-3H3,(H,34,35). The zero-order chi connectivity index (χ0) is 25.9. The van der Waals surface area contributed by atoms with E-state index in [0.29, 0.717) is 22.2 Å². The number of nitrogens with one attached hydrogen (secondary N) is 1. The average Bonchev–Trinajstić information content (AvgIpc) is 2.91. The van der Waals surface area contributed by atoms with E-state index in [9.17, 15) is 9.59 Å². The summed E-state index contributed by atoms with van der Waals surface area (Å²) in [6.07, 6.45) is 0. The Kier molecular flexibility index (Phi) is 6.69. The lowest BCUT2D eigenvalue weighted by atomic mass is 9.98. The number of carbonyl (C=O) groups excluding carboxylic acids is 2. The first-order valence-electron chi connectivity index (χ1n) is 12.4. The number of rotatable bonds is 6. The summed E-state index contributed by atoms with van der Waals surface area (Å²) >= 11 is 0. The van der Waals surface area contributed by atoms with Gasteiger partial charge in [0.25, 0.3) is 5.91 Å². The highest BCUT2D eigenvalue weighted by Crippen LogP contribution is 2.31. The Morgan fingerprint density at radius 3 is 2.38 bits per heavy atom. The molecular weight excluding hydrogens is 460 g/mol. The number of aryl methyl sites for hydroxylation is 1. The van der Waals surface area contributed by atoms with Gasteiger partial charge in [-0.15, -0.1) is 0 Å². The number of anilines is 1. The number of esters is 1. The molecule has 0 unspecified atom stereocenters. The minimum Gasteiger partial charge on any atom is -0.452 e. The predicted molar refractivity (Wildman–Crippen MR) is 149 cm³/mol. The Morgan fingerprint density at radius 2 is 1.57 bits per heavy atom. The zero-order valence-electron chi connectivity index (χ0n) is 21.1. The lowest BCUT2D eigenvalue weighted by molar-refractivity contribution is -0.119. The summed E-state index contributed by atoms with van der Waals surface area (Å²) in [5.41, 5.74) is 5.44. The van der Waals surface area contributed by atoms with Crippen molar-refractivity contribution in [3.05, 3.63) is 108 Å². The lowest BCUT2D eigenvalue weighted by Gasteiger charge is -2.16. The fraction of sp³-hybridized carbons (Fsp3) is 0.156. The van der Waals surface area contributed by atoms with Gasteiger partial charge in [0, 0.05) is 16.6 Å². The number of carbonyl (C=O) groups is 2. The van der Waals surface area contributed by atoms with Crippen molar-refractivity contribution in [2.45, 2.75) is 26.7 Å². The molecule has 1 amide bonds. The molecule has 0 aliphatic rings. The van der Waals surface area contributed by atoms with Crippen LogP contribution in [0.1, 0.15) is 41.3 Å². The summed E-state index contributed by atoms with van der Waals surface area (Å²) in [6, 6.07) is 29.2. The van der Waals surface area contributed by atoms with Gasteiger partial charge >= 0.3 is 5.97 Å². The first-order valence-corrected chi connectivity index (χ1v) is 12.4. The van der Waals surface area contributed by atoms with Gasteiger partial charge in [-0.05, 0) is 46.9 Å². The number of nitrogens with zero attached hydrogens (tertiary/aromatic N) is 1. The number of hydrogen-bond acceptors (Lipinski definition) is 4. The van der Waals surface area contributed by atoms with Gasteiger partial charge in [0.1, 0.15) is 0 Å². The molecule has 0 aliphatic heterocycles. The minimum absolute atomic E-state index is 0.244. The summed E-state index contributed by atoms with van der Waals surface area (Å²) in [7, 11) is 0. The van der Waals surface area contributed by atoms with E-state index in [1.807, 2.05) is 91.9 Å². The van der Waals surface area contributed by atoms with E-state index in [1.165, 1.54) is 0 Å². The molecule has 0 spiro atoms. The molecule has 5 heteroatoms. The van der Waals surface area contributed by atoms with Gasteiger partial charge in [0.05, 0.1) is 16.8 Å². The average molecular weight is 489 g/mol. The molecule has 0 saturated carbocycles. The highest BCUT2D eigenvalue weighted by atomic mass is 16.5. The van der Waals surface area contributed by atoms with Crippen molar-refractivity contribution in [2.24, 2.45) is 0 Å². The minimum atomic E-state index is -0.566. The predicted octanol–water partition coefficient (Wildman–Crippen LogP) is 7.28. The number of aromatic nitrogens is 1. The SMILES string of the molecule is Cc1cccc(C(C)C)c1NC(=O)COC(=O)c1cc(-c2cccc3ccccc23)nc2ccccc12. The third kappa shape index (κ3) is 4.94. The van der Waals surface area contributed by atoms with Crippen LogP contribution in [0.5, 0.6) is 0 Å². The fourth-order valence-corrected chi connectivity index (χ4v) is 4.66. The fourth-order valence-electron chi connectivity index (χ4n) is 4.66. The lowest BCUT2D eigenvalue weighted by Crippen LogP contribution is -2.22. The van der Waals surface area contributed by atoms with Gasteiger partial charge in [-0.1, -0.05) is 92.7 Å². The van der Waals surface area contributed by atoms with E-state index < -0.39 is 5.97 Å². The second-order valence-corrected chi connectivity index (χ2v) is 9.42. The van der Waals surface area contributed by atoms with Crippen LogP contribution in [0.15, 0.2) is 91.0 Å². The van der Waals surface area contributed by atoms with Gasteiger partial charge in [-0.3, -0.25) is 4.79 Å². The molecule has 5 rings (SSSR count). The Labute approximate surface area is 216 Å². The Hall–Kier alpha value is -4.51. The molecule has 0 aliphatic carbocycles. The van der Waals surface area contributed by atoms with Crippen LogP contribution in [0.3, 0.4) is 0 Å². The third-order valence-corrected chi connectivity index (χ3v) is 6.53. The number of pyridine rings is 1. The van der Waals surface area contributed by atoms with E-state index in [0.717, 1.165) is 33.2 Å². The quantitative estimate of drug-likeness (QED) is 0.255. The van der Waals surface area contributed by atoms with Crippen LogP contribution in [0.2, 0.25) is 0 Å². The van der Waals surface area contributed by atoms with E-state index in [-0.39, 0.29) is 18.4 Å². The van der Waals surface area contributed by atoms with Crippen LogP contribution in [0.4, 0.5) is 5.69 Å². The van der Waals surface area contributed by atoms with Gasteiger partial charge in [-0.25, -0.2) is 9.78 Å². The number of ether oxygens (including phenoxy) is 1. The third-order valence-electron chi connectivity index (χ3n) is 6.53. The van der Waals surface area contributed by atoms with Crippen LogP contribution in [0.25, 0.3) is 32.9 Å². The highest BCUT2D eigenvalue weighted by molar-refractivity contribution is 6.07. The van der Waals surface area contributed by atoms with Gasteiger partial charge in [0.15, 0.2) is 6.61 Å². The topological polar surface area (TPSA) is 68.3 Å². The number of fused-ring (bicyclic) bond motifs is 2. The second-order valence-electron chi connectivity index (χ2n) is 9.42. The highest BCUT2D eigenvalue weighted by Gasteiger charge is 2.18. The van der Waals surface area contributed by atoms with E-state index in [4.69, 9.17) is 9.72 Å². The number of amides is 1. The van der Waals surface area contributed by atoms with Crippen molar-refractivity contribution >= 4 is 39.2 Å². The molecule has 1 heterocycles. The molecule has 0 radical (unpaired) electrons. The Bertz CT molecular complexity index is 1630. The van der Waals surface area contributed by atoms with Gasteiger partial charge < -0.3 is 10.1 Å². The van der Waals surface area contributed by atoms with Crippen molar-refractivity contribution in [2.75, 3.05) is 11.9 Å². The number of hydrogen-bond donors (Lipinski definition) is 1. The van der Waals surface area contributed by atoms with Gasteiger partial charge in [-0.2, -0.15) is 0 Å². The summed E-state index contributed by atoms with van der Waals surface area (Å²) in [5, 5.41) is 5.75. The van der Waals surface area contributed by atoms with Crippen LogP contribution < -0.4 is 5.32 Å². The maximum atomic E-state index is 13.3. The van der Waals surface area contributed by atoms with E-state index >= 15 is 0 Å². The summed E-state index contributed by atoms with van der Waals surface area (Å²) in [4.78, 5) is 30.9. The molecule has 5 nitrogen and oxygen atoms in total. The molecule has 37 heavy (non-hydrogen) atoms. The molecular formula is C32H28N2O3. The van der Waals surface area contributed by atoms with Crippen LogP contribution in [-0.2, 0) is 9.53 Å². The molecule has 0 saturated heterocycles. The second kappa shape index (κ2) is 10.2. The molecule has 5 aromatic rings. The summed E-state index contributed by atoms with van der Waals surface area (Å²) in [6.45, 7) is 5.72. The molecule has 4 aromatic carbocycles. The summed E-state index contributed by atoms with van der Waals surface area (Å²) in [5.74, 6) is -0.699. The Balaban J connectivity index is 1.44. The number of para-hydroxylation sites is 2. The molecule has 1 aromatic heterocycles. The van der Waals surface area contributed by atoms with Crippen molar-refractivity contribution in [1.82, 2.24) is 4.98 Å². The maximum absolute atomic E-state index is 13.3. The van der Waals surface area contributed by atoms with Crippen molar-refractivity contribution in [3.63, 3.8) is 0 Å². The molecule has 0 fully saturated rings. The van der Waals surface area contributed by atoms with Crippen LogP contribution >= 0.6 is 0 Å². The van der Waals surface area contributed by atoms with Crippen molar-refractivity contribution in [3.8, 4) is 11.3 Å². The largest absolute Gasteiger partial charge is 0.452 e.